The third-order valence-corrected chi connectivity index (χ3v) is 7.73. The molecule has 0 saturated heterocycles. The predicted molar refractivity (Wildman–Crippen MR) is 158 cm³/mol. The number of amides is 1. The minimum absolute atomic E-state index is 0.0123. The second-order valence-electron chi connectivity index (χ2n) is 10.3. The topological polar surface area (TPSA) is 128 Å². The molecule has 4 aromatic carbocycles. The number of nitrogens with zero attached hydrogens (tertiary/aromatic N) is 4. The Morgan fingerprint density at radius 1 is 0.905 bits per heavy atom. The molecule has 4 aromatic rings. The molecule has 0 spiro atoms. The van der Waals surface area contributed by atoms with Crippen LogP contribution in [0.4, 0.5) is 11.4 Å². The number of carbonyl (C=O) groups excluding carboxylic acids is 1. The number of hydrogen-bond donors (Lipinski definition) is 0. The van der Waals surface area contributed by atoms with Crippen LogP contribution in [0.5, 0.6) is 5.75 Å². The van der Waals surface area contributed by atoms with Gasteiger partial charge in [0, 0.05) is 30.2 Å². The summed E-state index contributed by atoms with van der Waals surface area (Å²) in [6, 6.07) is 25.6. The van der Waals surface area contributed by atoms with E-state index in [2.05, 4.69) is 0 Å². The van der Waals surface area contributed by atoms with Crippen molar-refractivity contribution in [3.63, 3.8) is 0 Å². The van der Waals surface area contributed by atoms with E-state index in [4.69, 9.17) is 9.84 Å². The number of nitro benzene ring substituents is 2. The summed E-state index contributed by atoms with van der Waals surface area (Å²) in [5, 5.41) is 30.7. The fourth-order valence-corrected chi connectivity index (χ4v) is 5.70. The number of carbonyl (C=O) groups is 1. The molecule has 1 heterocycles. The summed E-state index contributed by atoms with van der Waals surface area (Å²) in [5.74, 6) is 0.120. The van der Waals surface area contributed by atoms with Crippen molar-refractivity contribution in [3.05, 3.63) is 128 Å². The van der Waals surface area contributed by atoms with Crippen molar-refractivity contribution < 1.29 is 19.4 Å². The first-order valence-electron chi connectivity index (χ1n) is 13.6. The Kier molecular flexibility index (Phi) is 7.18. The maximum atomic E-state index is 13.7. The smallest absolute Gasteiger partial charge is 0.281 e. The highest BCUT2D eigenvalue weighted by Gasteiger charge is 2.44. The quantitative estimate of drug-likeness (QED) is 0.179. The van der Waals surface area contributed by atoms with E-state index in [0.29, 0.717) is 5.75 Å². The summed E-state index contributed by atoms with van der Waals surface area (Å²) in [5.41, 5.74) is 3.27. The minimum atomic E-state index is -0.452. The van der Waals surface area contributed by atoms with Crippen molar-refractivity contribution >= 4 is 39.8 Å². The summed E-state index contributed by atoms with van der Waals surface area (Å²) in [4.78, 5) is 35.1. The van der Waals surface area contributed by atoms with Crippen molar-refractivity contribution in [2.75, 3.05) is 6.61 Å². The zero-order chi connectivity index (χ0) is 29.2. The van der Waals surface area contributed by atoms with Gasteiger partial charge in [0.25, 0.3) is 17.3 Å². The molecule has 1 amide bonds. The fraction of sp³-hybridized carbons (Fsp3) is 0.188. The first kappa shape index (κ1) is 26.8. The van der Waals surface area contributed by atoms with E-state index in [-0.39, 0.29) is 29.8 Å². The fourth-order valence-electron chi connectivity index (χ4n) is 5.70. The standard InChI is InChI=1S/C32H26N4O6/c37-30(20-42-28-17-12-22-4-1-2-5-24(22)19-28)34-32(23-10-15-27(16-11-23)36(40)41)29-7-3-6-25(31(29)33-34)18-21-8-13-26(14-9-21)35(38)39/h1-2,4-5,8-19,29,32H,3,6-7,20H2/b25-18-/t29-,32+/m0/s1. The molecule has 1 fully saturated rings. The molecule has 1 saturated carbocycles. The van der Waals surface area contributed by atoms with Crippen LogP contribution in [0.1, 0.15) is 36.4 Å². The summed E-state index contributed by atoms with van der Waals surface area (Å²) >= 11 is 0. The van der Waals surface area contributed by atoms with Crippen LogP contribution in [-0.2, 0) is 4.79 Å². The second kappa shape index (κ2) is 11.2. The molecule has 42 heavy (non-hydrogen) atoms. The molecule has 6 rings (SSSR count). The number of nitro groups is 2. The molecule has 210 valence electrons. The zero-order valence-corrected chi connectivity index (χ0v) is 22.5. The molecule has 2 atom stereocenters. The number of benzene rings is 4. The largest absolute Gasteiger partial charge is 0.484 e. The number of fused-ring (bicyclic) bond motifs is 2. The minimum Gasteiger partial charge on any atom is -0.484 e. The van der Waals surface area contributed by atoms with Crippen LogP contribution in [-0.4, -0.2) is 33.1 Å². The maximum absolute atomic E-state index is 13.7. The molecule has 1 aliphatic heterocycles. The van der Waals surface area contributed by atoms with Crippen LogP contribution in [0.2, 0.25) is 0 Å². The molecule has 0 unspecified atom stereocenters. The summed E-state index contributed by atoms with van der Waals surface area (Å²) in [7, 11) is 0. The van der Waals surface area contributed by atoms with Crippen LogP contribution in [0.3, 0.4) is 0 Å². The van der Waals surface area contributed by atoms with Gasteiger partial charge in [-0.15, -0.1) is 0 Å². The highest BCUT2D eigenvalue weighted by Crippen LogP contribution is 2.44. The first-order chi connectivity index (χ1) is 20.4. The Labute approximate surface area is 240 Å². The normalized spacial score (nSPS) is 18.9. The van der Waals surface area contributed by atoms with E-state index in [1.807, 2.05) is 48.5 Å². The Morgan fingerprint density at radius 3 is 2.26 bits per heavy atom. The lowest BCUT2D eigenvalue weighted by Crippen LogP contribution is -2.34. The van der Waals surface area contributed by atoms with Crippen LogP contribution in [0.25, 0.3) is 16.8 Å². The highest BCUT2D eigenvalue weighted by atomic mass is 16.6. The van der Waals surface area contributed by atoms with E-state index in [1.54, 1.807) is 24.3 Å². The van der Waals surface area contributed by atoms with Gasteiger partial charge in [0.05, 0.1) is 21.6 Å². The van der Waals surface area contributed by atoms with Crippen LogP contribution < -0.4 is 4.74 Å². The van der Waals surface area contributed by atoms with Gasteiger partial charge in [-0.1, -0.05) is 42.5 Å². The van der Waals surface area contributed by atoms with Crippen LogP contribution in [0, 0.1) is 26.1 Å². The van der Waals surface area contributed by atoms with Gasteiger partial charge in [-0.3, -0.25) is 25.0 Å². The predicted octanol–water partition coefficient (Wildman–Crippen LogP) is 6.86. The molecular weight excluding hydrogens is 536 g/mol. The van der Waals surface area contributed by atoms with Crippen molar-refractivity contribution in [3.8, 4) is 5.75 Å². The van der Waals surface area contributed by atoms with Crippen LogP contribution in [0.15, 0.2) is 102 Å². The number of hydrogen-bond acceptors (Lipinski definition) is 7. The number of ether oxygens (including phenoxy) is 1. The van der Waals surface area contributed by atoms with Gasteiger partial charge in [-0.25, -0.2) is 5.01 Å². The van der Waals surface area contributed by atoms with Gasteiger partial charge in [0.15, 0.2) is 6.61 Å². The van der Waals surface area contributed by atoms with Gasteiger partial charge >= 0.3 is 0 Å². The number of non-ortho nitro benzene ring substituents is 2. The van der Waals surface area contributed by atoms with Crippen LogP contribution >= 0.6 is 0 Å². The molecular formula is C32H26N4O6. The average molecular weight is 563 g/mol. The van der Waals surface area contributed by atoms with Crippen molar-refractivity contribution in [1.29, 1.82) is 0 Å². The molecule has 10 nitrogen and oxygen atoms in total. The SMILES string of the molecule is O=C(COc1ccc2ccccc2c1)N1N=C2/C(=C\c3ccc([N+](=O)[O-])cc3)CCC[C@@H]2[C@H]1c1ccc([N+](=O)[O-])cc1. The lowest BCUT2D eigenvalue weighted by molar-refractivity contribution is -0.385. The van der Waals surface area contributed by atoms with Crippen molar-refractivity contribution in [2.45, 2.75) is 25.3 Å². The molecule has 0 radical (unpaired) electrons. The van der Waals surface area contributed by atoms with Gasteiger partial charge in [-0.05, 0) is 77.1 Å². The number of allylic oxidation sites excluding steroid dienone is 1. The van der Waals surface area contributed by atoms with Gasteiger partial charge < -0.3 is 4.74 Å². The molecule has 1 aliphatic carbocycles. The summed E-state index contributed by atoms with van der Waals surface area (Å²) in [6.07, 6.45) is 4.35. The van der Waals surface area contributed by atoms with E-state index < -0.39 is 15.9 Å². The second-order valence-corrected chi connectivity index (χ2v) is 10.3. The van der Waals surface area contributed by atoms with E-state index in [9.17, 15) is 25.0 Å². The monoisotopic (exact) mass is 562 g/mol. The number of rotatable bonds is 7. The Bertz CT molecular complexity index is 1750. The van der Waals surface area contributed by atoms with Gasteiger partial charge in [0.2, 0.25) is 0 Å². The first-order valence-corrected chi connectivity index (χ1v) is 13.6. The Balaban J connectivity index is 1.31. The van der Waals surface area contributed by atoms with E-state index in [1.165, 1.54) is 29.3 Å². The van der Waals surface area contributed by atoms with Crippen molar-refractivity contribution in [1.82, 2.24) is 5.01 Å². The Morgan fingerprint density at radius 2 is 1.57 bits per heavy atom. The van der Waals surface area contributed by atoms with E-state index in [0.717, 1.165) is 52.4 Å². The molecule has 0 N–H and O–H groups in total. The molecule has 0 bridgehead atoms. The lowest BCUT2D eigenvalue weighted by Gasteiger charge is -2.29. The van der Waals surface area contributed by atoms with Gasteiger partial charge in [-0.2, -0.15) is 5.10 Å². The Hall–Kier alpha value is -5.38. The third kappa shape index (κ3) is 5.34. The molecule has 10 heteroatoms. The molecule has 2 aliphatic rings. The summed E-state index contributed by atoms with van der Waals surface area (Å²) in [6.45, 7) is -0.229. The lowest BCUT2D eigenvalue weighted by atomic mass is 9.77. The maximum Gasteiger partial charge on any atom is 0.281 e. The third-order valence-electron chi connectivity index (χ3n) is 7.73. The average Bonchev–Trinajstić information content (AvgIpc) is 3.41. The van der Waals surface area contributed by atoms with Crippen molar-refractivity contribution in [2.24, 2.45) is 11.0 Å². The van der Waals surface area contributed by atoms with Gasteiger partial charge in [0.1, 0.15) is 5.75 Å². The highest BCUT2D eigenvalue weighted by molar-refractivity contribution is 6.08. The van der Waals surface area contributed by atoms with E-state index >= 15 is 0 Å². The number of hydrazone groups is 1. The molecule has 0 aromatic heterocycles. The summed E-state index contributed by atoms with van der Waals surface area (Å²) < 4.78 is 5.91. The zero-order valence-electron chi connectivity index (χ0n) is 22.5.